The first-order chi connectivity index (χ1) is 10.4. The zero-order chi connectivity index (χ0) is 16.2. The highest BCUT2D eigenvalue weighted by Gasteiger charge is 2.48. The summed E-state index contributed by atoms with van der Waals surface area (Å²) in [6.45, 7) is 7.91. The Labute approximate surface area is 129 Å². The van der Waals surface area contributed by atoms with Crippen LogP contribution in [0.1, 0.15) is 33.9 Å². The summed E-state index contributed by atoms with van der Waals surface area (Å²) in [4.78, 5) is 23.8. The Hall–Kier alpha value is -1.76. The minimum atomic E-state index is -0.894. The molecule has 0 saturated carbocycles. The van der Waals surface area contributed by atoms with Crippen molar-refractivity contribution in [2.75, 3.05) is 5.32 Å². The third kappa shape index (κ3) is 1.91. The lowest BCUT2D eigenvalue weighted by molar-refractivity contribution is -0.119. The van der Waals surface area contributed by atoms with E-state index in [1.165, 1.54) is 0 Å². The van der Waals surface area contributed by atoms with Gasteiger partial charge in [-0.25, -0.2) is 10.9 Å². The molecule has 4 atom stereocenters. The lowest BCUT2D eigenvalue weighted by atomic mass is 9.82. The van der Waals surface area contributed by atoms with Crippen LogP contribution >= 0.6 is 0 Å². The predicted molar refractivity (Wildman–Crippen MR) is 82.4 cm³/mol. The van der Waals surface area contributed by atoms with Gasteiger partial charge in [0, 0.05) is 11.5 Å². The van der Waals surface area contributed by atoms with Crippen LogP contribution < -0.4 is 16.2 Å². The first kappa shape index (κ1) is 15.1. The Morgan fingerprint density at radius 1 is 1.00 bits per heavy atom. The minimum absolute atomic E-state index is 0.231. The van der Waals surface area contributed by atoms with Crippen LogP contribution in [0.4, 0.5) is 5.69 Å². The number of benzene rings is 1. The maximum atomic E-state index is 12.5. The molecular formula is C16H21N3O3. The van der Waals surface area contributed by atoms with Gasteiger partial charge in [-0.1, -0.05) is 0 Å². The number of anilines is 1. The van der Waals surface area contributed by atoms with E-state index in [4.69, 9.17) is 0 Å². The van der Waals surface area contributed by atoms with Crippen molar-refractivity contribution in [2.24, 2.45) is 5.92 Å². The lowest BCUT2D eigenvalue weighted by Crippen LogP contribution is -2.42. The zero-order valence-electron chi connectivity index (χ0n) is 13.2. The van der Waals surface area contributed by atoms with E-state index in [-0.39, 0.29) is 5.91 Å². The smallest absolute Gasteiger partial charge is 0.243 e. The highest BCUT2D eigenvalue weighted by molar-refractivity contribution is 5.98. The first-order valence-electron chi connectivity index (χ1n) is 7.44. The van der Waals surface area contributed by atoms with Crippen LogP contribution in [0.25, 0.3) is 0 Å². The van der Waals surface area contributed by atoms with Gasteiger partial charge in [0.15, 0.2) is 0 Å². The van der Waals surface area contributed by atoms with Crippen molar-refractivity contribution in [2.45, 2.75) is 45.9 Å². The molecule has 1 aromatic carbocycles. The summed E-state index contributed by atoms with van der Waals surface area (Å²) in [5, 5.41) is 13.8. The maximum absolute atomic E-state index is 12.5. The van der Waals surface area contributed by atoms with E-state index in [2.05, 4.69) is 16.2 Å². The number of hydrogen-bond acceptors (Lipinski definition) is 5. The van der Waals surface area contributed by atoms with Crippen LogP contribution in [0, 0.1) is 33.6 Å². The van der Waals surface area contributed by atoms with Crippen molar-refractivity contribution in [1.29, 1.82) is 0 Å². The quantitative estimate of drug-likeness (QED) is 0.569. The molecule has 0 aliphatic carbocycles. The summed E-state index contributed by atoms with van der Waals surface area (Å²) in [6.07, 6.45) is -0.155. The van der Waals surface area contributed by atoms with Gasteiger partial charge >= 0.3 is 0 Å². The van der Waals surface area contributed by atoms with Gasteiger partial charge in [-0.3, -0.25) is 4.79 Å². The van der Waals surface area contributed by atoms with Gasteiger partial charge in [0.1, 0.15) is 12.3 Å². The van der Waals surface area contributed by atoms with Gasteiger partial charge in [0.25, 0.3) is 0 Å². The monoisotopic (exact) mass is 303 g/mol. The van der Waals surface area contributed by atoms with Crippen molar-refractivity contribution >= 4 is 17.9 Å². The SMILES string of the molecule is Cc1c(C)c(C)c2c(c1C)NC(=O)C1NNC(C=O)C1C2O. The van der Waals surface area contributed by atoms with Gasteiger partial charge in [0.05, 0.1) is 17.8 Å². The van der Waals surface area contributed by atoms with Crippen LogP contribution in [0.15, 0.2) is 0 Å². The van der Waals surface area contributed by atoms with E-state index in [0.29, 0.717) is 5.69 Å². The second-order valence-electron chi connectivity index (χ2n) is 6.23. The van der Waals surface area contributed by atoms with Gasteiger partial charge in [-0.2, -0.15) is 0 Å². The molecule has 0 radical (unpaired) electrons. The molecule has 0 aromatic heterocycles. The fourth-order valence-corrected chi connectivity index (χ4v) is 3.60. The Bertz CT molecular complexity index is 671. The molecule has 118 valence electrons. The summed E-state index contributed by atoms with van der Waals surface area (Å²) in [7, 11) is 0. The minimum Gasteiger partial charge on any atom is -0.388 e. The molecule has 1 amide bonds. The van der Waals surface area contributed by atoms with Crippen LogP contribution in [0.5, 0.6) is 0 Å². The third-order valence-corrected chi connectivity index (χ3v) is 5.28. The van der Waals surface area contributed by atoms with E-state index in [9.17, 15) is 14.7 Å². The molecular weight excluding hydrogens is 282 g/mol. The summed E-state index contributed by atoms with van der Waals surface area (Å²) in [5.74, 6) is -0.760. The number of nitrogens with one attached hydrogen (secondary N) is 3. The topological polar surface area (TPSA) is 90.5 Å². The normalized spacial score (nSPS) is 30.3. The fourth-order valence-electron chi connectivity index (χ4n) is 3.60. The fraction of sp³-hybridized carbons (Fsp3) is 0.500. The standard InChI is InChI=1S/C16H21N3O3/c1-6-7(2)9(4)13-11(8(6)3)15(21)12-10(5-20)18-19-14(12)16(22)17-13/h5,10,12,14-15,18-19,21H,1-4H3,(H,17,22). The van der Waals surface area contributed by atoms with E-state index >= 15 is 0 Å². The molecule has 0 spiro atoms. The molecule has 4 unspecified atom stereocenters. The number of amides is 1. The number of fused-ring (bicyclic) bond motifs is 2. The van der Waals surface area contributed by atoms with Crippen molar-refractivity contribution < 1.29 is 14.7 Å². The van der Waals surface area contributed by atoms with Crippen LogP contribution in [-0.4, -0.2) is 29.4 Å². The summed E-state index contributed by atoms with van der Waals surface area (Å²) in [6, 6.07) is -1.24. The van der Waals surface area contributed by atoms with Crippen LogP contribution in [-0.2, 0) is 9.59 Å². The molecule has 6 nitrogen and oxygen atoms in total. The molecule has 0 bridgehead atoms. The van der Waals surface area contributed by atoms with Crippen molar-refractivity contribution in [3.05, 3.63) is 27.8 Å². The average molecular weight is 303 g/mol. The highest BCUT2D eigenvalue weighted by Crippen LogP contribution is 2.42. The van der Waals surface area contributed by atoms with Gasteiger partial charge in [-0.15, -0.1) is 0 Å². The Balaban J connectivity index is 2.24. The molecule has 1 saturated heterocycles. The summed E-state index contributed by atoms with van der Waals surface area (Å²) in [5.41, 5.74) is 11.1. The van der Waals surface area contributed by atoms with E-state index in [1.807, 2.05) is 27.7 Å². The van der Waals surface area contributed by atoms with E-state index in [0.717, 1.165) is 34.1 Å². The number of hydrogen-bond donors (Lipinski definition) is 4. The van der Waals surface area contributed by atoms with Crippen LogP contribution in [0.3, 0.4) is 0 Å². The third-order valence-electron chi connectivity index (χ3n) is 5.28. The number of aliphatic hydroxyl groups is 1. The number of rotatable bonds is 1. The summed E-state index contributed by atoms with van der Waals surface area (Å²) < 4.78 is 0. The molecule has 2 aliphatic heterocycles. The van der Waals surface area contributed by atoms with Crippen molar-refractivity contribution in [3.8, 4) is 0 Å². The molecule has 4 N–H and O–H groups in total. The number of aldehydes is 1. The van der Waals surface area contributed by atoms with Crippen LogP contribution in [0.2, 0.25) is 0 Å². The molecule has 3 rings (SSSR count). The van der Waals surface area contributed by atoms with E-state index in [1.54, 1.807) is 0 Å². The zero-order valence-corrected chi connectivity index (χ0v) is 13.2. The molecule has 1 fully saturated rings. The molecule has 2 aliphatic rings. The van der Waals surface area contributed by atoms with E-state index < -0.39 is 24.1 Å². The lowest BCUT2D eigenvalue weighted by Gasteiger charge is -2.26. The number of carbonyl (C=O) groups is 2. The number of hydrazine groups is 1. The maximum Gasteiger partial charge on any atom is 0.243 e. The van der Waals surface area contributed by atoms with Gasteiger partial charge in [0.2, 0.25) is 5.91 Å². The van der Waals surface area contributed by atoms with Crippen molar-refractivity contribution in [1.82, 2.24) is 10.9 Å². The number of carbonyl (C=O) groups excluding carboxylic acids is 2. The van der Waals surface area contributed by atoms with Gasteiger partial charge < -0.3 is 15.2 Å². The predicted octanol–water partition coefficient (Wildman–Crippen LogP) is 0.566. The number of aliphatic hydroxyl groups excluding tert-OH is 1. The molecule has 6 heteroatoms. The summed E-state index contributed by atoms with van der Waals surface area (Å²) >= 11 is 0. The average Bonchev–Trinajstić information content (AvgIpc) is 2.89. The molecule has 1 aromatic rings. The Kier molecular flexibility index (Phi) is 3.55. The highest BCUT2D eigenvalue weighted by atomic mass is 16.3. The Morgan fingerprint density at radius 2 is 1.64 bits per heavy atom. The second-order valence-corrected chi connectivity index (χ2v) is 6.23. The Morgan fingerprint density at radius 3 is 2.27 bits per heavy atom. The molecule has 22 heavy (non-hydrogen) atoms. The largest absolute Gasteiger partial charge is 0.388 e. The first-order valence-corrected chi connectivity index (χ1v) is 7.44. The second kappa shape index (κ2) is 5.15. The van der Waals surface area contributed by atoms with Gasteiger partial charge in [-0.05, 0) is 49.9 Å². The molecule has 2 heterocycles. The van der Waals surface area contributed by atoms with Crippen molar-refractivity contribution in [3.63, 3.8) is 0 Å².